The number of hydrogen-bond donors (Lipinski definition) is 0. The smallest absolute Gasteiger partial charge is 0.187 e. The molecule has 8 aromatic carbocycles. The minimum Gasteiger partial charge on any atom is -0.308 e. The molecule has 0 saturated heterocycles. The highest BCUT2D eigenvalue weighted by atomic mass is 15.0. The van der Waals surface area contributed by atoms with E-state index < -0.39 is 0 Å². The van der Waals surface area contributed by atoms with Gasteiger partial charge in [-0.2, -0.15) is 5.26 Å². The van der Waals surface area contributed by atoms with Gasteiger partial charge >= 0.3 is 0 Å². The first-order chi connectivity index (χ1) is 29.1. The molecular formula is C54H33N5. The number of benzene rings is 8. The molecule has 0 spiro atoms. The summed E-state index contributed by atoms with van der Waals surface area (Å²) in [4.78, 5) is 14.2. The summed E-state index contributed by atoms with van der Waals surface area (Å²) >= 11 is 0. The van der Waals surface area contributed by atoms with Crippen molar-refractivity contribution < 1.29 is 0 Å². The van der Waals surface area contributed by atoms with Gasteiger partial charge in [0, 0.05) is 38.6 Å². The van der Waals surface area contributed by atoms with Crippen molar-refractivity contribution in [2.45, 2.75) is 0 Å². The SMILES string of the molecule is [C-]#[N+]c1cccc(-c2cc(-c3cc(-c4ccccc4)nc(-c4ccccc4)n3)cc(-c3cccc(C#N)c3)c2-n2c3ccccc3c3cc(-c4ccccc4)ccc32)c1. The van der Waals surface area contributed by atoms with Crippen LogP contribution in [0.25, 0.3) is 99.6 Å². The number of nitriles is 1. The maximum atomic E-state index is 10.2. The molecule has 2 aromatic heterocycles. The second kappa shape index (κ2) is 14.9. The molecule has 59 heavy (non-hydrogen) atoms. The lowest BCUT2D eigenvalue weighted by Crippen LogP contribution is -2.03. The van der Waals surface area contributed by atoms with Crippen molar-refractivity contribution in [2.24, 2.45) is 0 Å². The first-order valence-electron chi connectivity index (χ1n) is 19.4. The van der Waals surface area contributed by atoms with E-state index in [2.05, 4.69) is 125 Å². The van der Waals surface area contributed by atoms with Crippen molar-refractivity contribution in [3.05, 3.63) is 217 Å². The van der Waals surface area contributed by atoms with Gasteiger partial charge in [-0.15, -0.1) is 0 Å². The quantitative estimate of drug-likeness (QED) is 0.152. The molecule has 5 heteroatoms. The molecule has 0 fully saturated rings. The highest BCUT2D eigenvalue weighted by Gasteiger charge is 2.23. The molecule has 0 bridgehead atoms. The maximum Gasteiger partial charge on any atom is 0.187 e. The lowest BCUT2D eigenvalue weighted by Gasteiger charge is -2.21. The molecule has 2 heterocycles. The number of fused-ring (bicyclic) bond motifs is 3. The van der Waals surface area contributed by atoms with Crippen LogP contribution in [-0.4, -0.2) is 14.5 Å². The fourth-order valence-corrected chi connectivity index (χ4v) is 8.05. The summed E-state index contributed by atoms with van der Waals surface area (Å²) in [5.41, 5.74) is 14.3. The van der Waals surface area contributed by atoms with E-state index in [-0.39, 0.29) is 0 Å². The maximum absolute atomic E-state index is 10.2. The van der Waals surface area contributed by atoms with Gasteiger partial charge in [-0.1, -0.05) is 146 Å². The van der Waals surface area contributed by atoms with Crippen LogP contribution in [0, 0.1) is 17.9 Å². The molecule has 10 aromatic rings. The Kier molecular flexibility index (Phi) is 8.88. The zero-order chi connectivity index (χ0) is 39.7. The third-order valence-electron chi connectivity index (χ3n) is 10.8. The highest BCUT2D eigenvalue weighted by Crippen LogP contribution is 2.45. The van der Waals surface area contributed by atoms with Crippen molar-refractivity contribution in [1.82, 2.24) is 14.5 Å². The number of rotatable bonds is 7. The molecule has 0 N–H and O–H groups in total. The van der Waals surface area contributed by atoms with Crippen LogP contribution in [0.3, 0.4) is 0 Å². The average Bonchev–Trinajstić information content (AvgIpc) is 3.65. The van der Waals surface area contributed by atoms with Crippen LogP contribution >= 0.6 is 0 Å². The first-order valence-corrected chi connectivity index (χ1v) is 19.4. The van der Waals surface area contributed by atoms with Crippen molar-refractivity contribution in [2.75, 3.05) is 0 Å². The normalized spacial score (nSPS) is 11.0. The van der Waals surface area contributed by atoms with Gasteiger partial charge in [0.1, 0.15) is 0 Å². The van der Waals surface area contributed by atoms with Gasteiger partial charge in [0.2, 0.25) is 0 Å². The first kappa shape index (κ1) is 35.1. The Balaban J connectivity index is 1.33. The largest absolute Gasteiger partial charge is 0.308 e. The van der Waals surface area contributed by atoms with Crippen molar-refractivity contribution in [1.29, 1.82) is 5.26 Å². The molecule has 0 aliphatic rings. The van der Waals surface area contributed by atoms with Gasteiger partial charge in [0.05, 0.1) is 46.3 Å². The van der Waals surface area contributed by atoms with Crippen LogP contribution in [0.5, 0.6) is 0 Å². The Bertz CT molecular complexity index is 3140. The molecule has 0 atom stereocenters. The molecule has 10 rings (SSSR count). The fraction of sp³-hybridized carbons (Fsp3) is 0. The van der Waals surface area contributed by atoms with Crippen LogP contribution in [-0.2, 0) is 0 Å². The van der Waals surface area contributed by atoms with Gasteiger partial charge in [0.15, 0.2) is 11.5 Å². The van der Waals surface area contributed by atoms with Gasteiger partial charge < -0.3 is 4.57 Å². The van der Waals surface area contributed by atoms with Crippen LogP contribution in [0.15, 0.2) is 200 Å². The zero-order valence-corrected chi connectivity index (χ0v) is 31.8. The summed E-state index contributed by atoms with van der Waals surface area (Å²) in [5.74, 6) is 0.618. The third kappa shape index (κ3) is 6.50. The summed E-state index contributed by atoms with van der Waals surface area (Å²) in [7, 11) is 0. The number of para-hydroxylation sites is 1. The van der Waals surface area contributed by atoms with Gasteiger partial charge in [0.25, 0.3) is 0 Å². The van der Waals surface area contributed by atoms with Crippen LogP contribution < -0.4 is 0 Å². The minimum absolute atomic E-state index is 0.543. The minimum atomic E-state index is 0.543. The zero-order valence-electron chi connectivity index (χ0n) is 31.8. The van der Waals surface area contributed by atoms with Crippen LogP contribution in [0.4, 0.5) is 5.69 Å². The Morgan fingerprint density at radius 3 is 1.71 bits per heavy atom. The summed E-state index contributed by atoms with van der Waals surface area (Å²) in [6.07, 6.45) is 0. The van der Waals surface area contributed by atoms with Gasteiger partial charge in [-0.3, -0.25) is 0 Å². The van der Waals surface area contributed by atoms with E-state index in [0.717, 1.165) is 89.0 Å². The third-order valence-corrected chi connectivity index (χ3v) is 10.8. The molecule has 5 nitrogen and oxygen atoms in total. The second-order valence-electron chi connectivity index (χ2n) is 14.4. The molecule has 0 saturated carbocycles. The van der Waals surface area contributed by atoms with E-state index in [1.165, 1.54) is 0 Å². The van der Waals surface area contributed by atoms with E-state index in [1.54, 1.807) is 0 Å². The highest BCUT2D eigenvalue weighted by molar-refractivity contribution is 6.12. The summed E-state index contributed by atoms with van der Waals surface area (Å²) in [6.45, 7) is 7.98. The number of nitrogens with zero attached hydrogens (tertiary/aromatic N) is 5. The molecule has 0 amide bonds. The molecule has 0 aliphatic carbocycles. The average molecular weight is 752 g/mol. The Morgan fingerprint density at radius 2 is 1.02 bits per heavy atom. The lowest BCUT2D eigenvalue weighted by atomic mass is 9.91. The van der Waals surface area contributed by atoms with E-state index in [4.69, 9.17) is 16.5 Å². The topological polar surface area (TPSA) is 58.9 Å². The van der Waals surface area contributed by atoms with Crippen molar-refractivity contribution in [3.63, 3.8) is 0 Å². The standard InChI is InChI=1S/C54H33N5/c1-56-44-24-14-23-42(30-44)47-33-43(50-34-49(38-18-7-3-8-19-38)57-54(58-50)39-20-9-4-10-21-39)32-46(41-22-13-15-36(29-41)35-55)53(47)59-51-26-12-11-25-45(51)48-31-40(27-28-52(48)59)37-16-5-2-6-17-37/h2-34H. The summed E-state index contributed by atoms with van der Waals surface area (Å²) in [6, 6.07) is 70.3. The molecule has 274 valence electrons. The van der Waals surface area contributed by atoms with Crippen LogP contribution in [0.2, 0.25) is 0 Å². The number of aromatic nitrogens is 3. The predicted octanol–water partition coefficient (Wildman–Crippen LogP) is 14.0. The van der Waals surface area contributed by atoms with Crippen LogP contribution in [0.1, 0.15) is 5.56 Å². The second-order valence-corrected chi connectivity index (χ2v) is 14.4. The van der Waals surface area contributed by atoms with Crippen molar-refractivity contribution >= 4 is 27.5 Å². The summed E-state index contributed by atoms with van der Waals surface area (Å²) < 4.78 is 2.35. The lowest BCUT2D eigenvalue weighted by molar-refractivity contribution is 1.17. The van der Waals surface area contributed by atoms with Gasteiger partial charge in [-0.05, 0) is 76.9 Å². The Morgan fingerprint density at radius 1 is 0.441 bits per heavy atom. The predicted molar refractivity (Wildman–Crippen MR) is 240 cm³/mol. The molecule has 0 aliphatic heterocycles. The van der Waals surface area contributed by atoms with E-state index in [9.17, 15) is 5.26 Å². The van der Waals surface area contributed by atoms with Gasteiger partial charge in [-0.25, -0.2) is 14.8 Å². The molecule has 0 radical (unpaired) electrons. The van der Waals surface area contributed by atoms with E-state index in [1.807, 2.05) is 91.0 Å². The molecule has 0 unspecified atom stereocenters. The summed E-state index contributed by atoms with van der Waals surface area (Å²) in [5, 5.41) is 12.4. The van der Waals surface area contributed by atoms with E-state index in [0.29, 0.717) is 17.1 Å². The van der Waals surface area contributed by atoms with E-state index >= 15 is 0 Å². The number of hydrogen-bond acceptors (Lipinski definition) is 3. The Labute approximate surface area is 342 Å². The molecular weight excluding hydrogens is 719 g/mol. The fourth-order valence-electron chi connectivity index (χ4n) is 8.05. The monoisotopic (exact) mass is 751 g/mol. The Hall–Kier alpha value is -8.38. The van der Waals surface area contributed by atoms with Crippen molar-refractivity contribution in [3.8, 4) is 79.0 Å².